The van der Waals surface area contributed by atoms with Crippen molar-refractivity contribution in [2.24, 2.45) is 0 Å². The second-order valence-corrected chi connectivity index (χ2v) is 5.84. The van der Waals surface area contributed by atoms with Crippen molar-refractivity contribution in [3.8, 4) is 5.75 Å². The summed E-state index contributed by atoms with van der Waals surface area (Å²) in [5.74, 6) is 2.05. The van der Waals surface area contributed by atoms with Crippen LogP contribution in [0.3, 0.4) is 0 Å². The fourth-order valence-electron chi connectivity index (χ4n) is 3.57. The SMILES string of the molecule is C1=CCC2=CC3(CCNCC3)c3ccccc3OC2=C1. The standard InChI is InChI=1S/C18H19NO/c1-3-7-16-14(5-1)13-18(9-11-19-12-10-18)15-6-2-4-8-17(15)20-16/h1-4,6-8,13,19H,5,9-12H2. The van der Waals surface area contributed by atoms with Gasteiger partial charge in [-0.25, -0.2) is 0 Å². The Kier molecular flexibility index (Phi) is 2.78. The molecule has 2 nitrogen and oxygen atoms in total. The van der Waals surface area contributed by atoms with Crippen molar-refractivity contribution in [3.63, 3.8) is 0 Å². The molecule has 1 saturated heterocycles. The van der Waals surface area contributed by atoms with Gasteiger partial charge >= 0.3 is 0 Å². The zero-order valence-corrected chi connectivity index (χ0v) is 11.6. The number of rotatable bonds is 0. The molecule has 0 aromatic heterocycles. The first kappa shape index (κ1) is 12.0. The van der Waals surface area contributed by atoms with E-state index in [2.05, 4.69) is 53.9 Å². The molecule has 2 aliphatic heterocycles. The minimum atomic E-state index is 0.137. The van der Waals surface area contributed by atoms with Gasteiger partial charge in [0.1, 0.15) is 11.5 Å². The first-order valence-electron chi connectivity index (χ1n) is 7.44. The highest BCUT2D eigenvalue weighted by Crippen LogP contribution is 2.45. The molecule has 0 saturated carbocycles. The van der Waals surface area contributed by atoms with Gasteiger partial charge in [0.2, 0.25) is 0 Å². The monoisotopic (exact) mass is 265 g/mol. The van der Waals surface area contributed by atoms with E-state index in [1.807, 2.05) is 0 Å². The topological polar surface area (TPSA) is 21.3 Å². The number of benzene rings is 1. The van der Waals surface area contributed by atoms with Crippen LogP contribution in [0.2, 0.25) is 0 Å². The van der Waals surface area contributed by atoms with Gasteiger partial charge in [-0.2, -0.15) is 0 Å². The van der Waals surface area contributed by atoms with E-state index in [9.17, 15) is 0 Å². The molecule has 0 atom stereocenters. The van der Waals surface area contributed by atoms with E-state index in [0.29, 0.717) is 0 Å². The Labute approximate surface area is 119 Å². The highest BCUT2D eigenvalue weighted by Gasteiger charge is 2.37. The summed E-state index contributed by atoms with van der Waals surface area (Å²) >= 11 is 0. The molecular formula is C18H19NO. The maximum atomic E-state index is 6.21. The van der Waals surface area contributed by atoms with Gasteiger partial charge in [0.15, 0.2) is 0 Å². The van der Waals surface area contributed by atoms with Gasteiger partial charge in [-0.1, -0.05) is 36.4 Å². The number of fused-ring (bicyclic) bond motifs is 3. The van der Waals surface area contributed by atoms with Crippen molar-refractivity contribution >= 4 is 0 Å². The summed E-state index contributed by atoms with van der Waals surface area (Å²) in [5, 5.41) is 3.48. The summed E-state index contributed by atoms with van der Waals surface area (Å²) in [5.41, 5.74) is 2.83. The summed E-state index contributed by atoms with van der Waals surface area (Å²) in [7, 11) is 0. The fraction of sp³-hybridized carbons (Fsp3) is 0.333. The van der Waals surface area contributed by atoms with Gasteiger partial charge in [-0.05, 0) is 50.1 Å². The van der Waals surface area contributed by atoms with Gasteiger partial charge in [0.05, 0.1) is 0 Å². The summed E-state index contributed by atoms with van der Waals surface area (Å²) in [6.07, 6.45) is 12.1. The summed E-state index contributed by atoms with van der Waals surface area (Å²) in [6, 6.07) is 8.54. The first-order chi connectivity index (χ1) is 9.87. The fourth-order valence-corrected chi connectivity index (χ4v) is 3.57. The van der Waals surface area contributed by atoms with Crippen molar-refractivity contribution in [1.29, 1.82) is 0 Å². The molecule has 1 aliphatic carbocycles. The molecule has 0 unspecified atom stereocenters. The lowest BCUT2D eigenvalue weighted by molar-refractivity contribution is 0.364. The van der Waals surface area contributed by atoms with E-state index < -0.39 is 0 Å². The van der Waals surface area contributed by atoms with Crippen LogP contribution < -0.4 is 10.1 Å². The van der Waals surface area contributed by atoms with Gasteiger partial charge in [0, 0.05) is 11.0 Å². The van der Waals surface area contributed by atoms with E-state index in [1.165, 1.54) is 11.1 Å². The molecule has 3 aliphatic rings. The Morgan fingerprint density at radius 2 is 1.95 bits per heavy atom. The number of hydrogen-bond donors (Lipinski definition) is 1. The number of ether oxygens (including phenoxy) is 1. The van der Waals surface area contributed by atoms with Crippen molar-refractivity contribution in [1.82, 2.24) is 5.32 Å². The molecule has 4 rings (SSSR count). The summed E-state index contributed by atoms with van der Waals surface area (Å²) < 4.78 is 6.21. The molecule has 1 fully saturated rings. The van der Waals surface area contributed by atoms with Gasteiger partial charge in [-0.3, -0.25) is 0 Å². The predicted molar refractivity (Wildman–Crippen MR) is 80.8 cm³/mol. The van der Waals surface area contributed by atoms with Crippen LogP contribution in [-0.2, 0) is 5.41 Å². The van der Waals surface area contributed by atoms with E-state index in [0.717, 1.165) is 43.9 Å². The normalized spacial score (nSPS) is 23.0. The second kappa shape index (κ2) is 4.64. The number of allylic oxidation sites excluding steroid dienone is 5. The van der Waals surface area contributed by atoms with Crippen molar-refractivity contribution in [3.05, 3.63) is 65.5 Å². The third-order valence-electron chi connectivity index (χ3n) is 4.63. The summed E-state index contributed by atoms with van der Waals surface area (Å²) in [4.78, 5) is 0. The van der Waals surface area contributed by atoms with E-state index >= 15 is 0 Å². The number of piperidine rings is 1. The first-order valence-corrected chi connectivity index (χ1v) is 7.44. The van der Waals surface area contributed by atoms with Gasteiger partial charge < -0.3 is 10.1 Å². The number of hydrogen-bond acceptors (Lipinski definition) is 2. The summed E-state index contributed by atoms with van der Waals surface area (Å²) in [6.45, 7) is 2.15. The molecule has 1 aromatic rings. The molecule has 1 aromatic carbocycles. The maximum absolute atomic E-state index is 6.21. The Morgan fingerprint density at radius 1 is 1.10 bits per heavy atom. The highest BCUT2D eigenvalue weighted by atomic mass is 16.5. The minimum Gasteiger partial charge on any atom is -0.457 e. The molecule has 0 amide bonds. The van der Waals surface area contributed by atoms with Gasteiger partial charge in [-0.15, -0.1) is 0 Å². The van der Waals surface area contributed by atoms with Crippen LogP contribution in [0.4, 0.5) is 0 Å². The van der Waals surface area contributed by atoms with Crippen molar-refractivity contribution in [2.45, 2.75) is 24.7 Å². The highest BCUT2D eigenvalue weighted by molar-refractivity contribution is 5.51. The number of para-hydroxylation sites is 1. The smallest absolute Gasteiger partial charge is 0.131 e. The molecular weight excluding hydrogens is 246 g/mol. The van der Waals surface area contributed by atoms with Crippen LogP contribution in [0.15, 0.2) is 59.9 Å². The average Bonchev–Trinajstić information content (AvgIpc) is 2.63. The largest absolute Gasteiger partial charge is 0.457 e. The lowest BCUT2D eigenvalue weighted by Gasteiger charge is -2.35. The Hall–Kier alpha value is -1.80. The molecule has 1 N–H and O–H groups in total. The van der Waals surface area contributed by atoms with Crippen LogP contribution in [0, 0.1) is 0 Å². The molecule has 102 valence electrons. The van der Waals surface area contributed by atoms with Gasteiger partial charge in [0.25, 0.3) is 0 Å². The third-order valence-corrected chi connectivity index (χ3v) is 4.63. The van der Waals surface area contributed by atoms with Crippen LogP contribution in [0.1, 0.15) is 24.8 Å². The predicted octanol–water partition coefficient (Wildman–Crippen LogP) is 3.47. The minimum absolute atomic E-state index is 0.137. The third kappa shape index (κ3) is 1.83. The van der Waals surface area contributed by atoms with Crippen LogP contribution in [0.25, 0.3) is 0 Å². The molecule has 0 radical (unpaired) electrons. The number of nitrogens with one attached hydrogen (secondary N) is 1. The zero-order valence-electron chi connectivity index (χ0n) is 11.6. The second-order valence-electron chi connectivity index (χ2n) is 5.84. The van der Waals surface area contributed by atoms with E-state index in [1.54, 1.807) is 0 Å². The van der Waals surface area contributed by atoms with Crippen molar-refractivity contribution < 1.29 is 4.74 Å². The van der Waals surface area contributed by atoms with Crippen LogP contribution >= 0.6 is 0 Å². The lowest BCUT2D eigenvalue weighted by atomic mass is 9.71. The quantitative estimate of drug-likeness (QED) is 0.775. The van der Waals surface area contributed by atoms with Crippen LogP contribution in [0.5, 0.6) is 5.75 Å². The zero-order chi connectivity index (χ0) is 13.4. The molecule has 2 heteroatoms. The van der Waals surface area contributed by atoms with E-state index in [4.69, 9.17) is 4.74 Å². The molecule has 20 heavy (non-hydrogen) atoms. The Balaban J connectivity index is 1.91. The Morgan fingerprint density at radius 3 is 2.85 bits per heavy atom. The average molecular weight is 265 g/mol. The lowest BCUT2D eigenvalue weighted by Crippen LogP contribution is -2.38. The van der Waals surface area contributed by atoms with E-state index in [-0.39, 0.29) is 5.41 Å². The van der Waals surface area contributed by atoms with Crippen molar-refractivity contribution in [2.75, 3.05) is 13.1 Å². The van der Waals surface area contributed by atoms with Crippen LogP contribution in [-0.4, -0.2) is 13.1 Å². The molecule has 1 spiro atoms. The maximum Gasteiger partial charge on any atom is 0.131 e. The molecule has 2 heterocycles. The Bertz CT molecular complexity index is 618. The molecule has 0 bridgehead atoms.